The molecule has 2 fully saturated rings. The molecule has 0 aromatic carbocycles. The van der Waals surface area contributed by atoms with Gasteiger partial charge in [0.15, 0.2) is 5.56 Å². The zero-order valence-corrected chi connectivity index (χ0v) is 10.5. The van der Waals surface area contributed by atoms with E-state index in [1.807, 2.05) is 7.05 Å². The van der Waals surface area contributed by atoms with Gasteiger partial charge < -0.3 is 4.74 Å². The molecule has 2 aliphatic rings. The Kier molecular flexibility index (Phi) is 4.35. The highest BCUT2D eigenvalue weighted by Gasteiger charge is 2.35. The normalized spacial score (nSPS) is 37.6. The van der Waals surface area contributed by atoms with Crippen LogP contribution in [0.2, 0.25) is 0 Å². The molecule has 2 rings (SSSR count). The van der Waals surface area contributed by atoms with Crippen LogP contribution in [-0.2, 0) is 4.74 Å². The van der Waals surface area contributed by atoms with E-state index in [4.69, 9.17) is 4.74 Å². The van der Waals surface area contributed by atoms with Crippen molar-refractivity contribution >= 4 is 12.6 Å². The summed E-state index contributed by atoms with van der Waals surface area (Å²) in [6.07, 6.45) is 8.65. The highest BCUT2D eigenvalue weighted by molar-refractivity contribution is 7.80. The smallest absolute Gasteiger partial charge is 0.153 e. The molecular weight excluding hydrogens is 206 g/mol. The summed E-state index contributed by atoms with van der Waals surface area (Å²) < 4.78 is 5.63. The maximum atomic E-state index is 5.63. The van der Waals surface area contributed by atoms with Gasteiger partial charge in [-0.2, -0.15) is 0 Å². The van der Waals surface area contributed by atoms with Crippen LogP contribution in [0, 0.1) is 17.8 Å². The Labute approximate surface area is 98.6 Å². The molecule has 2 nitrogen and oxygen atoms in total. The predicted octanol–water partition coefficient (Wildman–Crippen LogP) is 2.65. The molecule has 0 saturated heterocycles. The number of ether oxygens (including phenoxy) is 1. The second-order valence-electron chi connectivity index (χ2n) is 5.12. The summed E-state index contributed by atoms with van der Waals surface area (Å²) in [5.41, 5.74) is -0.0902. The molecule has 3 atom stereocenters. The van der Waals surface area contributed by atoms with E-state index in [9.17, 15) is 0 Å². The van der Waals surface area contributed by atoms with Gasteiger partial charge in [0.25, 0.3) is 0 Å². The molecule has 88 valence electrons. The fourth-order valence-corrected chi connectivity index (χ4v) is 3.39. The lowest BCUT2D eigenvalue weighted by Crippen LogP contribution is -2.24. The lowest BCUT2D eigenvalue weighted by atomic mass is 9.82. The van der Waals surface area contributed by atoms with Crippen LogP contribution in [0.4, 0.5) is 0 Å². The van der Waals surface area contributed by atoms with E-state index >= 15 is 0 Å². The van der Waals surface area contributed by atoms with Gasteiger partial charge in [-0.25, -0.2) is 0 Å². The van der Waals surface area contributed by atoms with Crippen molar-refractivity contribution in [1.82, 2.24) is 5.32 Å². The molecule has 0 amide bonds. The van der Waals surface area contributed by atoms with Crippen LogP contribution < -0.4 is 5.32 Å². The quantitative estimate of drug-likeness (QED) is 0.571. The fourth-order valence-electron chi connectivity index (χ4n) is 3.30. The van der Waals surface area contributed by atoms with Crippen molar-refractivity contribution in [2.24, 2.45) is 17.8 Å². The molecule has 2 aliphatic carbocycles. The number of hydrogen-bond donors (Lipinski definition) is 2. The zero-order chi connectivity index (χ0) is 10.7. The SMILES string of the molecule is CN[C@H](S)OCC1CC2CCCCC2C1. The van der Waals surface area contributed by atoms with Gasteiger partial charge in [-0.05, 0) is 37.6 Å². The molecule has 0 heterocycles. The van der Waals surface area contributed by atoms with E-state index < -0.39 is 0 Å². The molecule has 0 aromatic rings. The Morgan fingerprint density at radius 3 is 2.40 bits per heavy atom. The molecule has 2 saturated carbocycles. The standard InChI is InChI=1S/C12H23NOS/c1-13-12(15)14-8-9-6-10-4-2-3-5-11(10)7-9/h9-13,15H,2-8H2,1H3/t9?,10?,11?,12-/m0/s1. The molecule has 1 N–H and O–H groups in total. The van der Waals surface area contributed by atoms with E-state index in [-0.39, 0.29) is 5.56 Å². The molecule has 0 aliphatic heterocycles. The Morgan fingerprint density at radius 1 is 1.27 bits per heavy atom. The highest BCUT2D eigenvalue weighted by atomic mass is 32.1. The number of thiol groups is 1. The summed E-state index contributed by atoms with van der Waals surface area (Å²) in [5, 5.41) is 2.99. The summed E-state index contributed by atoms with van der Waals surface area (Å²) in [5.74, 6) is 2.82. The van der Waals surface area contributed by atoms with Crippen LogP contribution in [0.5, 0.6) is 0 Å². The minimum atomic E-state index is -0.0902. The monoisotopic (exact) mass is 229 g/mol. The van der Waals surface area contributed by atoms with E-state index in [1.165, 1.54) is 38.5 Å². The number of nitrogens with one attached hydrogen (secondary N) is 1. The minimum absolute atomic E-state index is 0.0902. The van der Waals surface area contributed by atoms with E-state index in [0.717, 1.165) is 24.4 Å². The van der Waals surface area contributed by atoms with E-state index in [2.05, 4.69) is 17.9 Å². The average Bonchev–Trinajstić information content (AvgIpc) is 2.68. The van der Waals surface area contributed by atoms with Gasteiger partial charge in [0.05, 0.1) is 6.61 Å². The van der Waals surface area contributed by atoms with Crippen molar-refractivity contribution in [2.45, 2.75) is 44.1 Å². The molecule has 0 aromatic heterocycles. The highest BCUT2D eigenvalue weighted by Crippen LogP contribution is 2.45. The molecule has 3 heteroatoms. The Bertz CT molecular complexity index is 186. The largest absolute Gasteiger partial charge is 0.354 e. The van der Waals surface area contributed by atoms with Crippen molar-refractivity contribution in [3.05, 3.63) is 0 Å². The molecule has 0 bridgehead atoms. The Hall–Kier alpha value is 0.270. The summed E-state index contributed by atoms with van der Waals surface area (Å²) >= 11 is 4.27. The number of hydrogen-bond acceptors (Lipinski definition) is 3. The number of rotatable bonds is 4. The van der Waals surface area contributed by atoms with Crippen LogP contribution in [0.15, 0.2) is 0 Å². The van der Waals surface area contributed by atoms with Gasteiger partial charge in [-0.3, -0.25) is 5.32 Å². The molecular formula is C12H23NOS. The van der Waals surface area contributed by atoms with E-state index in [0.29, 0.717) is 0 Å². The first-order valence-corrected chi connectivity index (χ1v) is 6.78. The second kappa shape index (κ2) is 5.55. The average molecular weight is 229 g/mol. The van der Waals surface area contributed by atoms with Gasteiger partial charge in [-0.1, -0.05) is 25.7 Å². The summed E-state index contributed by atoms with van der Waals surface area (Å²) in [7, 11) is 1.88. The van der Waals surface area contributed by atoms with Crippen LogP contribution in [0.25, 0.3) is 0 Å². The zero-order valence-electron chi connectivity index (χ0n) is 9.61. The predicted molar refractivity (Wildman–Crippen MR) is 66.0 cm³/mol. The van der Waals surface area contributed by atoms with Crippen molar-refractivity contribution in [3.63, 3.8) is 0 Å². The van der Waals surface area contributed by atoms with Crippen molar-refractivity contribution in [1.29, 1.82) is 0 Å². The maximum absolute atomic E-state index is 5.63. The Morgan fingerprint density at radius 2 is 1.87 bits per heavy atom. The van der Waals surface area contributed by atoms with Crippen LogP contribution >= 0.6 is 12.6 Å². The van der Waals surface area contributed by atoms with Gasteiger partial charge in [0.2, 0.25) is 0 Å². The molecule has 0 radical (unpaired) electrons. The fraction of sp³-hybridized carbons (Fsp3) is 1.00. The second-order valence-corrected chi connectivity index (χ2v) is 5.59. The molecule has 2 unspecified atom stereocenters. The summed E-state index contributed by atoms with van der Waals surface area (Å²) in [6, 6.07) is 0. The maximum Gasteiger partial charge on any atom is 0.153 e. The third kappa shape index (κ3) is 3.11. The summed E-state index contributed by atoms with van der Waals surface area (Å²) in [6.45, 7) is 0.891. The lowest BCUT2D eigenvalue weighted by molar-refractivity contribution is 0.0680. The third-order valence-electron chi connectivity index (χ3n) is 4.08. The van der Waals surface area contributed by atoms with Crippen molar-refractivity contribution in [2.75, 3.05) is 13.7 Å². The Balaban J connectivity index is 1.72. The first kappa shape index (κ1) is 11.7. The molecule has 15 heavy (non-hydrogen) atoms. The van der Waals surface area contributed by atoms with E-state index in [1.54, 1.807) is 0 Å². The van der Waals surface area contributed by atoms with Crippen LogP contribution in [0.1, 0.15) is 38.5 Å². The first-order chi connectivity index (χ1) is 7.29. The molecule has 0 spiro atoms. The van der Waals surface area contributed by atoms with Crippen LogP contribution in [-0.4, -0.2) is 19.2 Å². The third-order valence-corrected chi connectivity index (χ3v) is 4.48. The topological polar surface area (TPSA) is 21.3 Å². The number of fused-ring (bicyclic) bond motifs is 1. The van der Waals surface area contributed by atoms with Gasteiger partial charge in [0, 0.05) is 0 Å². The van der Waals surface area contributed by atoms with Crippen molar-refractivity contribution in [3.8, 4) is 0 Å². The summed E-state index contributed by atoms with van der Waals surface area (Å²) in [4.78, 5) is 0. The van der Waals surface area contributed by atoms with Crippen LogP contribution in [0.3, 0.4) is 0 Å². The minimum Gasteiger partial charge on any atom is -0.354 e. The van der Waals surface area contributed by atoms with Gasteiger partial charge in [0.1, 0.15) is 0 Å². The van der Waals surface area contributed by atoms with Gasteiger partial charge in [-0.15, -0.1) is 12.6 Å². The van der Waals surface area contributed by atoms with Crippen molar-refractivity contribution < 1.29 is 4.74 Å². The van der Waals surface area contributed by atoms with Gasteiger partial charge >= 0.3 is 0 Å². The lowest BCUT2D eigenvalue weighted by Gasteiger charge is -2.24. The first-order valence-electron chi connectivity index (χ1n) is 6.26.